The van der Waals surface area contributed by atoms with E-state index in [4.69, 9.17) is 27.9 Å². The van der Waals surface area contributed by atoms with Gasteiger partial charge in [-0.25, -0.2) is 0 Å². The molecule has 18 rings (SSSR count). The largest absolute Gasteiger partial charge is 0.382 e. The number of alkyl halides is 2. The number of hydrogen-bond acceptors (Lipinski definition) is 1. The van der Waals surface area contributed by atoms with Crippen LogP contribution in [-0.4, -0.2) is 17.5 Å². The van der Waals surface area contributed by atoms with E-state index < -0.39 is 4.33 Å². The van der Waals surface area contributed by atoms with Crippen molar-refractivity contribution in [1.82, 2.24) is 0 Å². The lowest BCUT2D eigenvalue weighted by Gasteiger charge is -2.49. The number of ether oxygens (including phenoxy) is 1. The summed E-state index contributed by atoms with van der Waals surface area (Å²) in [4.78, 5) is 0. The zero-order chi connectivity index (χ0) is 100. The molecular weight excluding hydrogens is 1710 g/mol. The Bertz CT molecular complexity index is 5140. The predicted octanol–water partition coefficient (Wildman–Crippen LogP) is 38.7. The monoisotopic (exact) mass is 1890 g/mol. The molecule has 12 unspecified atom stereocenters. The van der Waals surface area contributed by atoms with Gasteiger partial charge in [-0.3, -0.25) is 0 Å². The van der Waals surface area contributed by atoms with Gasteiger partial charge in [0.15, 0.2) is 0 Å². The fourth-order valence-corrected chi connectivity index (χ4v) is 27.3. The topological polar surface area (TPSA) is 9.23 Å². The van der Waals surface area contributed by atoms with Gasteiger partial charge in [-0.1, -0.05) is 490 Å². The minimum atomic E-state index is -0.556. The van der Waals surface area contributed by atoms with Crippen molar-refractivity contribution >= 4 is 23.2 Å². The van der Waals surface area contributed by atoms with Gasteiger partial charge in [0.1, 0.15) is 4.33 Å². The van der Waals surface area contributed by atoms with E-state index >= 15 is 0 Å². The van der Waals surface area contributed by atoms with Crippen LogP contribution in [0.15, 0.2) is 265 Å². The summed E-state index contributed by atoms with van der Waals surface area (Å²) in [5.74, 6) is 7.62. The summed E-state index contributed by atoms with van der Waals surface area (Å²) in [5.41, 5.74) is 29.7. The highest BCUT2D eigenvalue weighted by atomic mass is 35.5. The first-order valence-electron chi connectivity index (χ1n) is 54.0. The molecule has 0 bridgehead atoms. The van der Waals surface area contributed by atoms with Crippen molar-refractivity contribution < 1.29 is 4.74 Å². The molecule has 0 spiro atoms. The van der Waals surface area contributed by atoms with E-state index in [9.17, 15) is 0 Å². The number of hydrogen-bond donors (Lipinski definition) is 0. The fourth-order valence-electron chi connectivity index (χ4n) is 27.3. The summed E-state index contributed by atoms with van der Waals surface area (Å²) in [7, 11) is 0. The summed E-state index contributed by atoms with van der Waals surface area (Å²) >= 11 is 10.6. The molecule has 0 N–H and O–H groups in total. The summed E-state index contributed by atoms with van der Waals surface area (Å²) in [5, 5.41) is 0. The molecule has 4 fully saturated rings. The summed E-state index contributed by atoms with van der Waals surface area (Å²) in [6.45, 7) is 81.2. The van der Waals surface area contributed by atoms with Gasteiger partial charge in [0.2, 0.25) is 0 Å². The zero-order valence-corrected chi connectivity index (χ0v) is 93.3. The van der Waals surface area contributed by atoms with Gasteiger partial charge in [-0.05, 0) is 290 Å². The molecule has 6 aromatic carbocycles. The summed E-state index contributed by atoms with van der Waals surface area (Å²) in [6, 6.07) is 50.4. The van der Waals surface area contributed by atoms with Gasteiger partial charge >= 0.3 is 0 Å². The van der Waals surface area contributed by atoms with Crippen LogP contribution in [0.1, 0.15) is 379 Å². The molecule has 0 amide bonds. The average Bonchev–Trinajstić information content (AvgIpc) is 1.55. The molecule has 3 heteroatoms. The molecule has 6 aromatic rings. The maximum absolute atomic E-state index is 5.30. The molecule has 12 aliphatic rings. The second kappa shape index (κ2) is 40.4. The van der Waals surface area contributed by atoms with Crippen LogP contribution >= 0.6 is 23.2 Å². The average molecular weight is 1890 g/mol. The van der Waals surface area contributed by atoms with Crippen LogP contribution in [0.5, 0.6) is 0 Å². The lowest BCUT2D eigenvalue weighted by atomic mass is 9.54. The first-order valence-corrected chi connectivity index (χ1v) is 54.7. The van der Waals surface area contributed by atoms with E-state index in [2.05, 4.69) is 451 Å². The smallest absolute Gasteiger partial charge is 0.112 e. The molecule has 12 aliphatic carbocycles. The molecule has 744 valence electrons. The van der Waals surface area contributed by atoms with Crippen molar-refractivity contribution in [2.45, 2.75) is 360 Å². The van der Waals surface area contributed by atoms with E-state index in [0.717, 1.165) is 13.2 Å². The van der Waals surface area contributed by atoms with E-state index in [1.54, 1.807) is 25.0 Å². The van der Waals surface area contributed by atoms with Crippen molar-refractivity contribution in [3.63, 3.8) is 0 Å². The van der Waals surface area contributed by atoms with Crippen LogP contribution in [0.2, 0.25) is 0 Å². The Morgan fingerprint density at radius 1 is 0.268 bits per heavy atom. The minimum absolute atomic E-state index is 0. The molecule has 0 aromatic heterocycles. The van der Waals surface area contributed by atoms with Crippen LogP contribution in [0.3, 0.4) is 0 Å². The molecule has 0 saturated heterocycles. The van der Waals surface area contributed by atoms with E-state index in [1.165, 1.54) is 158 Å². The molecule has 0 aliphatic heterocycles. The Morgan fingerprint density at radius 2 is 0.486 bits per heavy atom. The third-order valence-corrected chi connectivity index (χ3v) is 35.3. The number of halogens is 2. The number of rotatable bonds is 14. The molecule has 0 radical (unpaired) electrons. The maximum atomic E-state index is 5.30. The highest BCUT2D eigenvalue weighted by Crippen LogP contribution is 2.69. The summed E-state index contributed by atoms with van der Waals surface area (Å²) in [6.07, 6.45) is 63.4. The Kier molecular flexibility index (Phi) is 31.6. The lowest BCUT2D eigenvalue weighted by Crippen LogP contribution is -2.46. The highest BCUT2D eigenvalue weighted by molar-refractivity contribution is 6.47. The van der Waals surface area contributed by atoms with Crippen LogP contribution in [0, 0.1) is 105 Å². The highest BCUT2D eigenvalue weighted by Gasteiger charge is 2.62. The second-order valence-electron chi connectivity index (χ2n) is 53.3. The maximum Gasteiger partial charge on any atom is 0.112 e. The van der Waals surface area contributed by atoms with Gasteiger partial charge in [-0.2, -0.15) is 0 Å². The van der Waals surface area contributed by atoms with Crippen molar-refractivity contribution in [1.29, 1.82) is 0 Å². The van der Waals surface area contributed by atoms with Crippen LogP contribution in [0.4, 0.5) is 0 Å². The first kappa shape index (κ1) is 108. The van der Waals surface area contributed by atoms with Gasteiger partial charge < -0.3 is 4.74 Å². The van der Waals surface area contributed by atoms with Crippen LogP contribution in [-0.2, 0) is 48.1 Å². The predicted molar refractivity (Wildman–Crippen MR) is 604 cm³/mol. The first-order chi connectivity index (χ1) is 63.9. The van der Waals surface area contributed by atoms with Crippen LogP contribution < -0.4 is 0 Å². The standard InChI is InChI=1S/C62H86.C62H70.C4H10O.C3H6Cl2.C3H8.CH4/c2*1-57(2,3)41-26-30-47-51(35-41)52-36-42(58(4,5)6)27-31-48(52)55(47)61(13,39-20-15-16-21-39)45-24-19-25-46(34-45)62(14,40-22-17-18-23-40)56-49-32-28-43(59(7,8)9)37-53(49)54-38-44(60(10,11)12)29-33-50(54)56;1-3-5-4-2;1-3(2,4)5;1-3-2;/h19,24-40,47-56H,15-18,20-23H2,1-14H3;15-40,55-56H,1-14H3;3-4H2,1-2H3;1-2H3;3H2,1-2H3;1H4. The Hall–Kier alpha value is -7.26. The van der Waals surface area contributed by atoms with Gasteiger partial charge in [0.25, 0.3) is 0 Å². The lowest BCUT2D eigenvalue weighted by molar-refractivity contribution is 0.130. The second-order valence-corrected chi connectivity index (χ2v) is 55.4. The summed E-state index contributed by atoms with van der Waals surface area (Å²) < 4.78 is 4.28. The molecular formula is C135H184Cl2O. The van der Waals surface area contributed by atoms with Gasteiger partial charge in [0.05, 0.1) is 0 Å². The third-order valence-electron chi connectivity index (χ3n) is 35.3. The molecule has 138 heavy (non-hydrogen) atoms. The van der Waals surface area contributed by atoms with E-state index in [-0.39, 0.29) is 96.1 Å². The van der Waals surface area contributed by atoms with Crippen molar-refractivity contribution in [2.75, 3.05) is 13.2 Å². The molecule has 4 saturated carbocycles. The zero-order valence-electron chi connectivity index (χ0n) is 91.8. The molecule has 0 heterocycles. The minimum Gasteiger partial charge on any atom is -0.382 e. The van der Waals surface area contributed by atoms with Crippen molar-refractivity contribution in [3.8, 4) is 22.3 Å². The Morgan fingerprint density at radius 3 is 0.681 bits per heavy atom. The Labute approximate surface area is 853 Å². The van der Waals surface area contributed by atoms with Gasteiger partial charge in [-0.15, -0.1) is 23.2 Å². The van der Waals surface area contributed by atoms with Crippen molar-refractivity contribution in [3.05, 3.63) is 332 Å². The van der Waals surface area contributed by atoms with E-state index in [0.29, 0.717) is 71.0 Å². The number of fused-ring (bicyclic) bond motifs is 12. The quantitative estimate of drug-likeness (QED) is 0.0988. The third kappa shape index (κ3) is 21.2. The van der Waals surface area contributed by atoms with Gasteiger partial charge in [0, 0.05) is 47.7 Å². The molecule has 12 atom stereocenters. The number of allylic oxidation sites excluding steroid dienone is 24. The van der Waals surface area contributed by atoms with Crippen LogP contribution in [0.25, 0.3) is 22.3 Å². The number of benzene rings is 6. The molecule has 1 nitrogen and oxygen atoms in total. The Balaban J connectivity index is 0.000000205. The van der Waals surface area contributed by atoms with Crippen molar-refractivity contribution in [2.24, 2.45) is 105 Å². The fraction of sp³-hybridized carbons (Fsp3) is 0.556. The van der Waals surface area contributed by atoms with E-state index in [1.807, 2.05) is 13.8 Å². The SMILES string of the molecule is C.CC(C)(C)C1=CC2C3C=C(C(C)(C)C)C=CC3C(C(C)(c3cccc(C(C)(C4CCCC4)C4C5C=CC(C(C)(C)C)=CC5C5C=C(C(C)(C)C)C=CC54)c3)C3CCCC3)C2C=C1.CC(C)(C)c1ccc2c(c1)-c1cc(C(C)(C)C)ccc1C2C(C)(c1cccc(C(C)(C2C=CC=C2)C2c3ccc(C(C)(C)C)cc3-c3cc(C(C)(C)C)ccc32)c1)C1C=CC=C1.CC(C)(Cl)Cl.CCC.CCOCC. The normalized spacial score (nSPS) is 25.2.